The number of nitrogens with zero attached hydrogens (tertiary/aromatic N) is 3. The second-order valence-electron chi connectivity index (χ2n) is 7.41. The van der Waals surface area contributed by atoms with Gasteiger partial charge in [0, 0.05) is 47.4 Å². The molecule has 0 bridgehead atoms. The molecule has 8 nitrogen and oxygen atoms in total. The maximum atomic E-state index is 14.9. The second kappa shape index (κ2) is 8.95. The summed E-state index contributed by atoms with van der Waals surface area (Å²) in [7, 11) is -4.40. The zero-order chi connectivity index (χ0) is 23.9. The highest BCUT2D eigenvalue weighted by Gasteiger charge is 2.26. The molecule has 0 aliphatic carbocycles. The summed E-state index contributed by atoms with van der Waals surface area (Å²) in [6.45, 7) is 1.49. The number of aromatic nitrogens is 3. The van der Waals surface area contributed by atoms with Crippen LogP contribution in [0.15, 0.2) is 58.4 Å². The Kier molecular flexibility index (Phi) is 5.98. The third kappa shape index (κ3) is 4.37. The van der Waals surface area contributed by atoms with Gasteiger partial charge in [-0.15, -0.1) is 11.3 Å². The maximum Gasteiger partial charge on any atom is 0.266 e. The van der Waals surface area contributed by atoms with E-state index in [9.17, 15) is 17.2 Å². The Morgan fingerprint density at radius 3 is 2.68 bits per heavy atom. The average molecular weight is 524 g/mol. The molecule has 2 N–H and O–H groups in total. The van der Waals surface area contributed by atoms with Crippen LogP contribution in [0.1, 0.15) is 6.04 Å². The molecular formula is C21H16ClF2N5O3S2. The Morgan fingerprint density at radius 1 is 1.15 bits per heavy atom. The van der Waals surface area contributed by atoms with Crippen molar-refractivity contribution in [1.82, 2.24) is 20.1 Å². The van der Waals surface area contributed by atoms with Gasteiger partial charge in [-0.3, -0.25) is 9.40 Å². The van der Waals surface area contributed by atoms with Crippen molar-refractivity contribution in [3.05, 3.63) is 70.1 Å². The smallest absolute Gasteiger partial charge is 0.266 e. The minimum Gasteiger partial charge on any atom is -0.453 e. The summed E-state index contributed by atoms with van der Waals surface area (Å²) in [4.78, 5) is 2.93. The molecule has 1 aliphatic rings. The second-order valence-corrected chi connectivity index (χ2v) is 10.2. The van der Waals surface area contributed by atoms with Crippen LogP contribution in [0.4, 0.5) is 14.6 Å². The summed E-state index contributed by atoms with van der Waals surface area (Å²) in [6.07, 6.45) is 1.63. The van der Waals surface area contributed by atoms with E-state index >= 15 is 0 Å². The van der Waals surface area contributed by atoms with Crippen LogP contribution in [0.3, 0.4) is 0 Å². The van der Waals surface area contributed by atoms with E-state index < -0.39 is 32.3 Å². The van der Waals surface area contributed by atoms with E-state index in [2.05, 4.69) is 20.1 Å². The van der Waals surface area contributed by atoms with Crippen LogP contribution in [0.25, 0.3) is 11.3 Å². The lowest BCUT2D eigenvalue weighted by Crippen LogP contribution is -2.44. The number of sulfonamides is 1. The fraction of sp³-hybridized carbons (Fsp3) is 0.143. The molecule has 1 aliphatic heterocycles. The third-order valence-corrected chi connectivity index (χ3v) is 7.35. The lowest BCUT2D eigenvalue weighted by atomic mass is 10.1. The number of anilines is 1. The van der Waals surface area contributed by atoms with Crippen LogP contribution < -0.4 is 14.8 Å². The normalized spacial score (nSPS) is 14.1. The van der Waals surface area contributed by atoms with Crippen LogP contribution in [0.5, 0.6) is 11.5 Å². The van der Waals surface area contributed by atoms with Crippen LogP contribution in [-0.2, 0) is 10.0 Å². The Morgan fingerprint density at radius 2 is 1.97 bits per heavy atom. The number of thiazole rings is 1. The number of rotatable bonds is 7. The van der Waals surface area contributed by atoms with E-state index in [1.165, 1.54) is 17.0 Å². The van der Waals surface area contributed by atoms with Crippen molar-refractivity contribution in [2.45, 2.75) is 10.9 Å². The topological polar surface area (TPSA) is 98.1 Å². The van der Waals surface area contributed by atoms with E-state index in [0.29, 0.717) is 28.4 Å². The first-order valence-electron chi connectivity index (χ1n) is 9.94. The van der Waals surface area contributed by atoms with Gasteiger partial charge in [-0.05, 0) is 24.3 Å². The SMILES string of the molecule is O=S(=O)(Nc1cscn1)c1cc(F)c(Oc2ccc(Cl)cc2-c2ccnn2C2CNC2)cc1F. The van der Waals surface area contributed by atoms with Gasteiger partial charge in [0.25, 0.3) is 10.0 Å². The molecule has 5 rings (SSSR count). The number of halogens is 3. The van der Waals surface area contributed by atoms with Gasteiger partial charge in [0.1, 0.15) is 16.5 Å². The van der Waals surface area contributed by atoms with E-state index in [-0.39, 0.29) is 17.6 Å². The molecule has 176 valence electrons. The van der Waals surface area contributed by atoms with Crippen LogP contribution in [0.2, 0.25) is 5.02 Å². The first kappa shape index (κ1) is 22.7. The van der Waals surface area contributed by atoms with E-state index in [1.54, 1.807) is 24.4 Å². The van der Waals surface area contributed by atoms with Crippen molar-refractivity contribution in [3.63, 3.8) is 0 Å². The van der Waals surface area contributed by atoms with E-state index in [0.717, 1.165) is 24.4 Å². The minimum absolute atomic E-state index is 0.00853. The summed E-state index contributed by atoms with van der Waals surface area (Å²) in [5.74, 6) is -2.51. The molecule has 1 fully saturated rings. The average Bonchev–Trinajstić information content (AvgIpc) is 3.42. The van der Waals surface area contributed by atoms with E-state index in [4.69, 9.17) is 16.3 Å². The highest BCUT2D eigenvalue weighted by Crippen LogP contribution is 2.38. The quantitative estimate of drug-likeness (QED) is 0.365. The highest BCUT2D eigenvalue weighted by molar-refractivity contribution is 7.92. The van der Waals surface area contributed by atoms with Crippen molar-refractivity contribution in [3.8, 4) is 22.8 Å². The lowest BCUT2D eigenvalue weighted by Gasteiger charge is -2.29. The number of benzene rings is 2. The van der Waals surface area contributed by atoms with Crippen molar-refractivity contribution in [2.24, 2.45) is 0 Å². The molecule has 0 atom stereocenters. The Labute approximate surface area is 202 Å². The fourth-order valence-corrected chi connectivity index (χ4v) is 5.23. The number of ether oxygens (including phenoxy) is 1. The van der Waals surface area contributed by atoms with Crippen molar-refractivity contribution in [1.29, 1.82) is 0 Å². The largest absolute Gasteiger partial charge is 0.453 e. The highest BCUT2D eigenvalue weighted by atomic mass is 35.5. The minimum atomic E-state index is -4.40. The Hall–Kier alpha value is -3.06. The monoisotopic (exact) mass is 523 g/mol. The van der Waals surface area contributed by atoms with Gasteiger partial charge >= 0.3 is 0 Å². The predicted molar refractivity (Wildman–Crippen MR) is 124 cm³/mol. The Balaban J connectivity index is 1.49. The van der Waals surface area contributed by atoms with Crippen LogP contribution in [-0.4, -0.2) is 36.3 Å². The molecule has 13 heteroatoms. The molecule has 2 aromatic heterocycles. The summed E-state index contributed by atoms with van der Waals surface area (Å²) < 4.78 is 64.3. The van der Waals surface area contributed by atoms with Gasteiger partial charge < -0.3 is 10.1 Å². The number of hydrogen-bond acceptors (Lipinski definition) is 7. The molecule has 0 radical (unpaired) electrons. The number of hydrogen-bond donors (Lipinski definition) is 2. The molecule has 3 heterocycles. The van der Waals surface area contributed by atoms with Crippen molar-refractivity contribution < 1.29 is 21.9 Å². The molecule has 1 saturated heterocycles. The van der Waals surface area contributed by atoms with E-state index in [1.807, 2.05) is 4.68 Å². The molecule has 2 aromatic carbocycles. The molecule has 34 heavy (non-hydrogen) atoms. The molecule has 0 spiro atoms. The lowest BCUT2D eigenvalue weighted by molar-refractivity contribution is 0.321. The van der Waals surface area contributed by atoms with Gasteiger partial charge in [0.15, 0.2) is 17.4 Å². The summed E-state index contributed by atoms with van der Waals surface area (Å²) >= 11 is 7.34. The van der Waals surface area contributed by atoms with Gasteiger partial charge in [-0.2, -0.15) is 5.10 Å². The summed E-state index contributed by atoms with van der Waals surface area (Å²) in [5.41, 5.74) is 2.62. The third-order valence-electron chi connectivity index (χ3n) is 5.16. The summed E-state index contributed by atoms with van der Waals surface area (Å²) in [6, 6.07) is 7.89. The maximum absolute atomic E-state index is 14.9. The van der Waals surface area contributed by atoms with Crippen molar-refractivity contribution >= 4 is 38.8 Å². The number of nitrogens with one attached hydrogen (secondary N) is 2. The van der Waals surface area contributed by atoms with Gasteiger partial charge in [-0.25, -0.2) is 22.2 Å². The van der Waals surface area contributed by atoms with Gasteiger partial charge in [-0.1, -0.05) is 11.6 Å². The first-order valence-corrected chi connectivity index (χ1v) is 12.7. The Bertz CT molecular complexity index is 1460. The molecule has 0 saturated carbocycles. The molecule has 4 aromatic rings. The zero-order valence-corrected chi connectivity index (χ0v) is 19.6. The molecule has 0 amide bonds. The van der Waals surface area contributed by atoms with Gasteiger partial charge in [0.05, 0.1) is 17.2 Å². The standard InChI is InChI=1S/C21H16ClF2N5O3S2/c22-12-1-2-18(14(5-12)17-3-4-27-29(17)13-8-25-9-13)32-19-6-16(24)20(7-15(19)23)34(30,31)28-21-10-33-11-26-21/h1-7,10-11,13,25,28H,8-9H2. The van der Waals surface area contributed by atoms with Crippen LogP contribution in [0, 0.1) is 11.6 Å². The zero-order valence-electron chi connectivity index (χ0n) is 17.2. The van der Waals surface area contributed by atoms with Crippen molar-refractivity contribution in [2.75, 3.05) is 17.8 Å². The summed E-state index contributed by atoms with van der Waals surface area (Å²) in [5, 5.41) is 9.38. The molecular weight excluding hydrogens is 508 g/mol. The first-order chi connectivity index (χ1) is 16.3. The van der Waals surface area contributed by atoms with Gasteiger partial charge in [0.2, 0.25) is 0 Å². The predicted octanol–water partition coefficient (Wildman–Crippen LogP) is 4.68. The van der Waals surface area contributed by atoms with Crippen LogP contribution >= 0.6 is 22.9 Å². The molecule has 0 unspecified atom stereocenters. The fourth-order valence-electron chi connectivity index (χ4n) is 3.42.